The number of methoxy groups -OCH3 is 2. The summed E-state index contributed by atoms with van der Waals surface area (Å²) in [5.41, 5.74) is -1.10. The molecule has 28 heavy (non-hydrogen) atoms. The Bertz CT molecular complexity index is 937. The van der Waals surface area contributed by atoms with E-state index in [1.165, 1.54) is 38.5 Å². The van der Waals surface area contributed by atoms with Gasteiger partial charge in [-0.1, -0.05) is 6.07 Å². The highest BCUT2D eigenvalue weighted by Crippen LogP contribution is 2.37. The molecular weight excluding hydrogens is 377 g/mol. The lowest BCUT2D eigenvalue weighted by molar-refractivity contribution is -0.137. The molecule has 0 unspecified atom stereocenters. The summed E-state index contributed by atoms with van der Waals surface area (Å²) in [4.78, 5) is 12.3. The van der Waals surface area contributed by atoms with Crippen molar-refractivity contribution in [1.29, 1.82) is 5.26 Å². The highest BCUT2D eigenvalue weighted by molar-refractivity contribution is 6.09. The average molecular weight is 392 g/mol. The number of phenols is 1. The van der Waals surface area contributed by atoms with Gasteiger partial charge < -0.3 is 19.9 Å². The van der Waals surface area contributed by atoms with Gasteiger partial charge in [0.25, 0.3) is 5.91 Å². The first-order valence-electron chi connectivity index (χ1n) is 7.75. The van der Waals surface area contributed by atoms with Gasteiger partial charge in [0.15, 0.2) is 11.5 Å². The second-order valence-electron chi connectivity index (χ2n) is 5.48. The third-order valence-electron chi connectivity index (χ3n) is 3.63. The maximum Gasteiger partial charge on any atom is 0.416 e. The molecular formula is C19H15F3N2O4. The molecule has 6 nitrogen and oxygen atoms in total. The number of halogens is 3. The maximum atomic E-state index is 12.8. The largest absolute Gasteiger partial charge is 0.502 e. The first kappa shape index (κ1) is 20.6. The van der Waals surface area contributed by atoms with Gasteiger partial charge in [0.2, 0.25) is 5.75 Å². The quantitative estimate of drug-likeness (QED) is 0.593. The number of benzene rings is 2. The van der Waals surface area contributed by atoms with Gasteiger partial charge in [-0.2, -0.15) is 18.4 Å². The molecule has 0 radical (unpaired) electrons. The van der Waals surface area contributed by atoms with Gasteiger partial charge in [-0.15, -0.1) is 0 Å². The van der Waals surface area contributed by atoms with Gasteiger partial charge in [-0.05, 0) is 42.0 Å². The van der Waals surface area contributed by atoms with E-state index in [2.05, 4.69) is 5.32 Å². The molecule has 0 aliphatic carbocycles. The zero-order valence-electron chi connectivity index (χ0n) is 14.8. The molecule has 146 valence electrons. The number of phenolic OH excluding ortho intramolecular Hbond substituents is 1. The average Bonchev–Trinajstić information content (AvgIpc) is 2.66. The summed E-state index contributed by atoms with van der Waals surface area (Å²) >= 11 is 0. The lowest BCUT2D eigenvalue weighted by Crippen LogP contribution is -2.14. The minimum atomic E-state index is -4.56. The van der Waals surface area contributed by atoms with Crippen molar-refractivity contribution in [3.8, 4) is 23.3 Å². The normalized spacial score (nSPS) is 11.5. The lowest BCUT2D eigenvalue weighted by Gasteiger charge is -2.11. The molecule has 0 saturated carbocycles. The van der Waals surface area contributed by atoms with E-state index in [1.807, 2.05) is 0 Å². The summed E-state index contributed by atoms with van der Waals surface area (Å²) in [5.74, 6) is -1.04. The van der Waals surface area contributed by atoms with E-state index in [1.54, 1.807) is 6.07 Å². The lowest BCUT2D eigenvalue weighted by atomic mass is 10.1. The highest BCUT2D eigenvalue weighted by Gasteiger charge is 2.30. The number of anilines is 1. The van der Waals surface area contributed by atoms with Gasteiger partial charge in [0.05, 0.1) is 19.8 Å². The first-order chi connectivity index (χ1) is 13.2. The van der Waals surface area contributed by atoms with E-state index in [0.29, 0.717) is 5.56 Å². The van der Waals surface area contributed by atoms with Crippen molar-refractivity contribution in [3.05, 3.63) is 53.1 Å². The van der Waals surface area contributed by atoms with Crippen LogP contribution in [0.4, 0.5) is 18.9 Å². The maximum absolute atomic E-state index is 12.8. The molecule has 0 atom stereocenters. The van der Waals surface area contributed by atoms with Crippen LogP contribution in [0.2, 0.25) is 0 Å². The molecule has 0 heterocycles. The number of aromatic hydroxyl groups is 1. The van der Waals surface area contributed by atoms with Crippen molar-refractivity contribution in [3.63, 3.8) is 0 Å². The molecule has 0 aromatic heterocycles. The summed E-state index contributed by atoms with van der Waals surface area (Å²) in [6, 6.07) is 8.47. The standard InChI is InChI=1S/C19H15F3N2O4/c1-27-15-7-11(8-16(28-2)17(15)25)6-12(10-23)18(26)24-14-5-3-4-13(9-14)19(20,21)22/h3-9,25H,1-2H3,(H,24,26)/b12-6+. The second-order valence-corrected chi connectivity index (χ2v) is 5.48. The molecule has 0 aliphatic rings. The van der Waals surface area contributed by atoms with E-state index in [-0.39, 0.29) is 28.5 Å². The van der Waals surface area contributed by atoms with Crippen LogP contribution in [-0.4, -0.2) is 25.2 Å². The Morgan fingerprint density at radius 2 is 1.79 bits per heavy atom. The highest BCUT2D eigenvalue weighted by atomic mass is 19.4. The number of nitriles is 1. The van der Waals surface area contributed by atoms with Crippen LogP contribution in [0, 0.1) is 11.3 Å². The molecule has 0 bridgehead atoms. The predicted molar refractivity (Wildman–Crippen MR) is 94.9 cm³/mol. The molecule has 0 aliphatic heterocycles. The zero-order valence-corrected chi connectivity index (χ0v) is 14.8. The molecule has 2 rings (SSSR count). The van der Waals surface area contributed by atoms with Crippen molar-refractivity contribution in [2.45, 2.75) is 6.18 Å². The van der Waals surface area contributed by atoms with Crippen molar-refractivity contribution in [1.82, 2.24) is 0 Å². The number of alkyl halides is 3. The monoisotopic (exact) mass is 392 g/mol. The summed E-state index contributed by atoms with van der Waals surface area (Å²) in [5, 5.41) is 21.4. The van der Waals surface area contributed by atoms with Gasteiger partial charge >= 0.3 is 6.18 Å². The minimum Gasteiger partial charge on any atom is -0.502 e. The molecule has 2 aromatic carbocycles. The number of nitrogens with zero attached hydrogens (tertiary/aromatic N) is 1. The van der Waals surface area contributed by atoms with Crippen LogP contribution in [0.15, 0.2) is 42.0 Å². The predicted octanol–water partition coefficient (Wildman–Crippen LogP) is 3.97. The number of ether oxygens (including phenoxy) is 2. The molecule has 0 fully saturated rings. The van der Waals surface area contributed by atoms with E-state index >= 15 is 0 Å². The van der Waals surface area contributed by atoms with Crippen LogP contribution in [0.3, 0.4) is 0 Å². The molecule has 2 N–H and O–H groups in total. The number of carbonyl (C=O) groups excluding carboxylic acids is 1. The Morgan fingerprint density at radius 1 is 1.18 bits per heavy atom. The summed E-state index contributed by atoms with van der Waals surface area (Å²) < 4.78 is 48.3. The molecule has 0 saturated heterocycles. The van der Waals surface area contributed by atoms with Gasteiger partial charge in [0, 0.05) is 5.69 Å². The number of carbonyl (C=O) groups is 1. The van der Waals surface area contributed by atoms with Crippen LogP contribution < -0.4 is 14.8 Å². The fourth-order valence-corrected chi connectivity index (χ4v) is 2.28. The van der Waals surface area contributed by atoms with E-state index in [4.69, 9.17) is 9.47 Å². The first-order valence-corrected chi connectivity index (χ1v) is 7.75. The van der Waals surface area contributed by atoms with Crippen LogP contribution in [-0.2, 0) is 11.0 Å². The fraction of sp³-hybridized carbons (Fsp3) is 0.158. The van der Waals surface area contributed by atoms with Crippen LogP contribution >= 0.6 is 0 Å². The van der Waals surface area contributed by atoms with Gasteiger partial charge in [-0.25, -0.2) is 0 Å². The van der Waals surface area contributed by atoms with Crippen molar-refractivity contribution in [2.24, 2.45) is 0 Å². The number of amides is 1. The number of rotatable bonds is 5. The van der Waals surface area contributed by atoms with Crippen molar-refractivity contribution < 1.29 is 32.5 Å². The summed E-state index contributed by atoms with van der Waals surface area (Å²) in [6.07, 6.45) is -3.37. The molecule has 2 aromatic rings. The molecule has 1 amide bonds. The third kappa shape index (κ3) is 4.73. The number of hydrogen-bond donors (Lipinski definition) is 2. The number of nitrogens with one attached hydrogen (secondary N) is 1. The van der Waals surface area contributed by atoms with Crippen molar-refractivity contribution in [2.75, 3.05) is 19.5 Å². The van der Waals surface area contributed by atoms with Crippen molar-refractivity contribution >= 4 is 17.7 Å². The minimum absolute atomic E-state index is 0.0566. The fourth-order valence-electron chi connectivity index (χ4n) is 2.28. The van der Waals surface area contributed by atoms with Gasteiger partial charge in [-0.3, -0.25) is 4.79 Å². The second kappa shape index (κ2) is 8.35. The number of hydrogen-bond acceptors (Lipinski definition) is 5. The summed E-state index contributed by atoms with van der Waals surface area (Å²) in [6.45, 7) is 0. The Labute approximate surface area is 158 Å². The third-order valence-corrected chi connectivity index (χ3v) is 3.63. The Kier molecular flexibility index (Phi) is 6.15. The molecule has 9 heteroatoms. The van der Waals surface area contributed by atoms with E-state index in [0.717, 1.165) is 18.2 Å². The van der Waals surface area contributed by atoms with Crippen LogP contribution in [0.25, 0.3) is 6.08 Å². The van der Waals surface area contributed by atoms with Gasteiger partial charge in [0.1, 0.15) is 11.6 Å². The SMILES string of the molecule is COc1cc(/C=C(\C#N)C(=O)Nc2cccc(C(F)(F)F)c2)cc(OC)c1O. The van der Waals surface area contributed by atoms with Crippen LogP contribution in [0.5, 0.6) is 17.2 Å². The Hall–Kier alpha value is -3.67. The summed E-state index contributed by atoms with van der Waals surface area (Å²) in [7, 11) is 2.63. The Morgan fingerprint density at radius 3 is 2.29 bits per heavy atom. The van der Waals surface area contributed by atoms with E-state index < -0.39 is 17.6 Å². The van der Waals surface area contributed by atoms with Crippen LogP contribution in [0.1, 0.15) is 11.1 Å². The molecule has 0 spiro atoms. The Balaban J connectivity index is 2.33. The zero-order chi connectivity index (χ0) is 20.9. The smallest absolute Gasteiger partial charge is 0.416 e. The van der Waals surface area contributed by atoms with E-state index in [9.17, 15) is 28.3 Å². The topological polar surface area (TPSA) is 91.6 Å².